The Balaban J connectivity index is 3.79. The van der Waals surface area contributed by atoms with Gasteiger partial charge in [-0.3, -0.25) is 0 Å². The summed E-state index contributed by atoms with van der Waals surface area (Å²) in [4.78, 5) is 10.3. The van der Waals surface area contributed by atoms with Gasteiger partial charge in [0.15, 0.2) is 0 Å². The number of hydrogen-bond donors (Lipinski definition) is 2. The molecule has 0 fully saturated rings. The van der Waals surface area contributed by atoms with E-state index in [0.717, 1.165) is 0 Å². The van der Waals surface area contributed by atoms with Crippen LogP contribution in [0.3, 0.4) is 0 Å². The molecule has 0 bridgehead atoms. The van der Waals surface area contributed by atoms with E-state index in [1.807, 2.05) is 0 Å². The molecular weight excluding hydrogens is 150 g/mol. The third kappa shape index (κ3) is 4.72. The predicted octanol–water partition coefficient (Wildman–Crippen LogP) is -0.245. The average molecular weight is 163 g/mol. The van der Waals surface area contributed by atoms with Crippen LogP contribution < -0.4 is 5.73 Å². The Bertz CT molecular complexity index is 126. The number of aliphatic carboxylic acids is 1. The summed E-state index contributed by atoms with van der Waals surface area (Å²) in [6, 6.07) is 0. The van der Waals surface area contributed by atoms with Crippen molar-refractivity contribution < 1.29 is 19.4 Å². The van der Waals surface area contributed by atoms with E-state index < -0.39 is 18.5 Å². The van der Waals surface area contributed by atoms with Crippen LogP contribution in [-0.2, 0) is 14.3 Å². The van der Waals surface area contributed by atoms with E-state index in [4.69, 9.17) is 20.3 Å². The summed E-state index contributed by atoms with van der Waals surface area (Å²) in [5.41, 5.74) is 5.20. The van der Waals surface area contributed by atoms with Crippen molar-refractivity contribution in [1.82, 2.24) is 0 Å². The van der Waals surface area contributed by atoms with E-state index in [1.165, 1.54) is 6.92 Å². The first-order chi connectivity index (χ1) is 5.07. The second-order valence-electron chi connectivity index (χ2n) is 1.97. The minimum Gasteiger partial charge on any atom is -0.477 e. The van der Waals surface area contributed by atoms with E-state index in [2.05, 4.69) is 0 Å². The summed E-state index contributed by atoms with van der Waals surface area (Å²) in [5, 5.41) is 8.45. The summed E-state index contributed by atoms with van der Waals surface area (Å²) < 4.78 is 9.42. The molecule has 0 saturated carbocycles. The van der Waals surface area contributed by atoms with Crippen LogP contribution >= 0.6 is 0 Å². The first-order valence-electron chi connectivity index (χ1n) is 3.33. The number of carboxylic acid groups (broad SMARTS) is 1. The molecular formula is C6H13NO4. The van der Waals surface area contributed by atoms with Crippen LogP contribution in [-0.4, -0.2) is 30.2 Å². The van der Waals surface area contributed by atoms with Gasteiger partial charge in [-0.2, -0.15) is 0 Å². The average Bonchev–Trinajstić information content (AvgIpc) is 1.86. The molecule has 0 radical (unpaired) electrons. The first-order valence-corrected chi connectivity index (χ1v) is 3.33. The molecule has 0 aliphatic heterocycles. The van der Waals surface area contributed by atoms with Crippen molar-refractivity contribution in [3.63, 3.8) is 0 Å². The lowest BCUT2D eigenvalue weighted by atomic mass is 10.6. The van der Waals surface area contributed by atoms with Gasteiger partial charge in [0.1, 0.15) is 6.23 Å². The van der Waals surface area contributed by atoms with Gasteiger partial charge in [-0.15, -0.1) is 0 Å². The van der Waals surface area contributed by atoms with Gasteiger partial charge in [0.2, 0.25) is 0 Å². The molecule has 5 nitrogen and oxygen atoms in total. The lowest BCUT2D eigenvalue weighted by molar-refractivity contribution is -0.197. The van der Waals surface area contributed by atoms with Gasteiger partial charge in [-0.25, -0.2) is 4.79 Å². The molecule has 0 aromatic rings. The van der Waals surface area contributed by atoms with Gasteiger partial charge < -0.3 is 20.3 Å². The number of carboxylic acids is 1. The second kappa shape index (κ2) is 5.06. The Morgan fingerprint density at radius 2 is 2.27 bits per heavy atom. The fourth-order valence-corrected chi connectivity index (χ4v) is 0.515. The van der Waals surface area contributed by atoms with Gasteiger partial charge in [0.25, 0.3) is 6.29 Å². The Morgan fingerprint density at radius 1 is 1.73 bits per heavy atom. The van der Waals surface area contributed by atoms with Crippen LogP contribution in [0.1, 0.15) is 13.8 Å². The Morgan fingerprint density at radius 3 is 2.55 bits per heavy atom. The molecule has 3 N–H and O–H groups in total. The van der Waals surface area contributed by atoms with Crippen LogP contribution in [0.25, 0.3) is 0 Å². The van der Waals surface area contributed by atoms with Crippen molar-refractivity contribution in [2.75, 3.05) is 6.61 Å². The van der Waals surface area contributed by atoms with E-state index in [-0.39, 0.29) is 6.61 Å². The molecule has 2 atom stereocenters. The van der Waals surface area contributed by atoms with Crippen molar-refractivity contribution in [2.24, 2.45) is 5.73 Å². The molecule has 0 aliphatic carbocycles. The topological polar surface area (TPSA) is 81.8 Å². The molecule has 0 heterocycles. The highest BCUT2D eigenvalue weighted by Crippen LogP contribution is 1.96. The van der Waals surface area contributed by atoms with Gasteiger partial charge in [-0.05, 0) is 13.8 Å². The second-order valence-corrected chi connectivity index (χ2v) is 1.97. The predicted molar refractivity (Wildman–Crippen MR) is 37.8 cm³/mol. The highest BCUT2D eigenvalue weighted by atomic mass is 16.7. The van der Waals surface area contributed by atoms with Crippen LogP contribution in [0, 0.1) is 0 Å². The maximum atomic E-state index is 10.3. The van der Waals surface area contributed by atoms with Crippen molar-refractivity contribution in [1.29, 1.82) is 0 Å². The Kier molecular flexibility index (Phi) is 4.76. The molecule has 0 amide bonds. The fraction of sp³-hybridized carbons (Fsp3) is 0.833. The summed E-state index contributed by atoms with van der Waals surface area (Å²) in [6.45, 7) is 3.50. The SMILES string of the molecule is CCOC(OC(C)N)C(=O)O. The molecule has 2 unspecified atom stereocenters. The summed E-state index contributed by atoms with van der Waals surface area (Å²) >= 11 is 0. The summed E-state index contributed by atoms with van der Waals surface area (Å²) in [7, 11) is 0. The van der Waals surface area contributed by atoms with E-state index >= 15 is 0 Å². The van der Waals surface area contributed by atoms with Gasteiger partial charge in [0, 0.05) is 6.61 Å². The minimum atomic E-state index is -1.25. The number of carbonyl (C=O) groups is 1. The molecule has 0 aliphatic rings. The molecule has 11 heavy (non-hydrogen) atoms. The van der Waals surface area contributed by atoms with Crippen LogP contribution in [0.15, 0.2) is 0 Å². The zero-order valence-electron chi connectivity index (χ0n) is 6.61. The number of rotatable bonds is 5. The molecule has 0 spiro atoms. The maximum absolute atomic E-state index is 10.3. The quantitative estimate of drug-likeness (QED) is 0.546. The highest BCUT2D eigenvalue weighted by Gasteiger charge is 2.18. The summed E-state index contributed by atoms with van der Waals surface area (Å²) in [5.74, 6) is -1.16. The molecule has 0 aromatic heterocycles. The van der Waals surface area contributed by atoms with E-state index in [9.17, 15) is 4.79 Å². The van der Waals surface area contributed by atoms with Crippen LogP contribution in [0.5, 0.6) is 0 Å². The Hall–Kier alpha value is -0.650. The smallest absolute Gasteiger partial charge is 0.361 e. The Labute approximate surface area is 65.1 Å². The van der Waals surface area contributed by atoms with E-state index in [0.29, 0.717) is 0 Å². The largest absolute Gasteiger partial charge is 0.477 e. The fourth-order valence-electron chi connectivity index (χ4n) is 0.515. The third-order valence-corrected chi connectivity index (χ3v) is 0.858. The first kappa shape index (κ1) is 10.3. The molecule has 5 heteroatoms. The molecule has 66 valence electrons. The monoisotopic (exact) mass is 163 g/mol. The van der Waals surface area contributed by atoms with Crippen LogP contribution in [0.2, 0.25) is 0 Å². The lowest BCUT2D eigenvalue weighted by Gasteiger charge is -2.15. The zero-order chi connectivity index (χ0) is 8.85. The van der Waals surface area contributed by atoms with Gasteiger partial charge in [0.05, 0.1) is 0 Å². The number of ether oxygens (including phenoxy) is 2. The summed E-state index contributed by atoms with van der Waals surface area (Å²) in [6.07, 6.45) is -1.89. The highest BCUT2D eigenvalue weighted by molar-refractivity contribution is 5.70. The van der Waals surface area contributed by atoms with Crippen molar-refractivity contribution in [3.8, 4) is 0 Å². The van der Waals surface area contributed by atoms with Crippen molar-refractivity contribution in [3.05, 3.63) is 0 Å². The van der Waals surface area contributed by atoms with Crippen LogP contribution in [0.4, 0.5) is 0 Å². The molecule has 0 aromatic carbocycles. The minimum absolute atomic E-state index is 0.281. The van der Waals surface area contributed by atoms with Gasteiger partial charge in [-0.1, -0.05) is 0 Å². The van der Waals surface area contributed by atoms with Crippen molar-refractivity contribution in [2.45, 2.75) is 26.4 Å². The van der Waals surface area contributed by atoms with Gasteiger partial charge >= 0.3 is 5.97 Å². The molecule has 0 saturated heterocycles. The number of hydrogen-bond acceptors (Lipinski definition) is 4. The van der Waals surface area contributed by atoms with Crippen molar-refractivity contribution >= 4 is 5.97 Å². The third-order valence-electron chi connectivity index (χ3n) is 0.858. The zero-order valence-corrected chi connectivity index (χ0v) is 6.61. The normalized spacial score (nSPS) is 15.9. The molecule has 0 rings (SSSR count). The lowest BCUT2D eigenvalue weighted by Crippen LogP contribution is -2.34. The maximum Gasteiger partial charge on any atom is 0.361 e. The number of nitrogens with two attached hydrogens (primary N) is 1. The van der Waals surface area contributed by atoms with E-state index in [1.54, 1.807) is 6.92 Å². The standard InChI is InChI=1S/C6H13NO4/c1-3-10-6(5(8)9)11-4(2)7/h4,6H,3,7H2,1-2H3,(H,8,9).